The van der Waals surface area contributed by atoms with Gasteiger partial charge in [-0.25, -0.2) is 9.78 Å². The van der Waals surface area contributed by atoms with Crippen molar-refractivity contribution in [2.75, 3.05) is 0 Å². The Hall–Kier alpha value is -2.63. The van der Waals surface area contributed by atoms with Crippen molar-refractivity contribution in [3.8, 4) is 5.82 Å². The van der Waals surface area contributed by atoms with Crippen molar-refractivity contribution < 1.29 is 9.90 Å². The minimum atomic E-state index is -0.947. The lowest BCUT2D eigenvalue weighted by atomic mass is 10.2. The highest BCUT2D eigenvalue weighted by Gasteiger charge is 2.14. The van der Waals surface area contributed by atoms with Gasteiger partial charge in [0, 0.05) is 25.7 Å². The second kappa shape index (κ2) is 4.48. The van der Waals surface area contributed by atoms with Crippen LogP contribution in [0.2, 0.25) is 0 Å². The highest BCUT2D eigenvalue weighted by Crippen LogP contribution is 2.22. The number of benzene rings is 1. The number of nitrogens with zero attached hydrogens (tertiary/aromatic N) is 4. The van der Waals surface area contributed by atoms with E-state index in [-0.39, 0.29) is 5.56 Å². The van der Waals surface area contributed by atoms with Crippen molar-refractivity contribution in [3.63, 3.8) is 0 Å². The van der Waals surface area contributed by atoms with Crippen LogP contribution in [0.3, 0.4) is 0 Å². The van der Waals surface area contributed by atoms with Gasteiger partial charge in [0.2, 0.25) is 0 Å². The first-order valence-electron chi connectivity index (χ1n) is 6.35. The van der Waals surface area contributed by atoms with Crippen LogP contribution in [0, 0.1) is 0 Å². The summed E-state index contributed by atoms with van der Waals surface area (Å²) in [6.45, 7) is 2.01. The first kappa shape index (κ1) is 12.4. The van der Waals surface area contributed by atoms with Crippen LogP contribution in [0.25, 0.3) is 16.9 Å². The summed E-state index contributed by atoms with van der Waals surface area (Å²) in [4.78, 5) is 15.5. The summed E-state index contributed by atoms with van der Waals surface area (Å²) in [6, 6.07) is 6.87. The molecule has 0 atom stereocenters. The van der Waals surface area contributed by atoms with E-state index >= 15 is 0 Å². The van der Waals surface area contributed by atoms with Crippen LogP contribution in [-0.2, 0) is 13.5 Å². The second-order valence-electron chi connectivity index (χ2n) is 4.57. The standard InChI is InChI=1S/C14H14N4O2/c1-3-12-15-10-8-9(14(19)20)4-5-11(10)18(12)13-6-7-17(2)16-13/h4-8H,3H2,1-2H3,(H,19,20). The van der Waals surface area contributed by atoms with Crippen molar-refractivity contribution in [2.45, 2.75) is 13.3 Å². The zero-order valence-electron chi connectivity index (χ0n) is 11.2. The molecule has 0 aliphatic carbocycles. The SMILES string of the molecule is CCc1nc2cc(C(=O)O)ccc2n1-c1ccn(C)n1. The van der Waals surface area contributed by atoms with Gasteiger partial charge in [0.25, 0.3) is 0 Å². The molecule has 6 heteroatoms. The molecule has 20 heavy (non-hydrogen) atoms. The number of fused-ring (bicyclic) bond motifs is 1. The van der Waals surface area contributed by atoms with Crippen LogP contribution in [-0.4, -0.2) is 30.4 Å². The van der Waals surface area contributed by atoms with E-state index in [1.54, 1.807) is 22.9 Å². The summed E-state index contributed by atoms with van der Waals surface area (Å²) in [7, 11) is 1.86. The summed E-state index contributed by atoms with van der Waals surface area (Å²) < 4.78 is 3.69. The molecule has 0 unspecified atom stereocenters. The predicted octanol–water partition coefficient (Wildman–Crippen LogP) is 2.02. The fourth-order valence-corrected chi connectivity index (χ4v) is 2.28. The van der Waals surface area contributed by atoms with Crippen molar-refractivity contribution in [1.82, 2.24) is 19.3 Å². The first-order valence-corrected chi connectivity index (χ1v) is 6.35. The van der Waals surface area contributed by atoms with E-state index in [4.69, 9.17) is 5.11 Å². The minimum Gasteiger partial charge on any atom is -0.478 e. The van der Waals surface area contributed by atoms with Crippen LogP contribution in [0.15, 0.2) is 30.5 Å². The van der Waals surface area contributed by atoms with E-state index in [9.17, 15) is 4.79 Å². The van der Waals surface area contributed by atoms with Crippen molar-refractivity contribution in [3.05, 3.63) is 41.9 Å². The molecule has 0 saturated carbocycles. The lowest BCUT2D eigenvalue weighted by molar-refractivity contribution is 0.0697. The van der Waals surface area contributed by atoms with Gasteiger partial charge in [0.1, 0.15) is 5.82 Å². The summed E-state index contributed by atoms with van der Waals surface area (Å²) in [5.74, 6) is 0.702. The Kier molecular flexibility index (Phi) is 2.78. The quantitative estimate of drug-likeness (QED) is 0.790. The maximum absolute atomic E-state index is 11.0. The Morgan fingerprint density at radius 2 is 2.15 bits per heavy atom. The number of carboxylic acid groups (broad SMARTS) is 1. The highest BCUT2D eigenvalue weighted by atomic mass is 16.4. The maximum atomic E-state index is 11.0. The molecule has 0 fully saturated rings. The molecule has 6 nitrogen and oxygen atoms in total. The van der Waals surface area contributed by atoms with E-state index in [0.717, 1.165) is 23.6 Å². The molecule has 0 radical (unpaired) electrons. The Morgan fingerprint density at radius 1 is 1.35 bits per heavy atom. The Bertz CT molecular complexity index is 801. The summed E-state index contributed by atoms with van der Waals surface area (Å²) in [5, 5.41) is 13.4. The average Bonchev–Trinajstić information content (AvgIpc) is 3.00. The van der Waals surface area contributed by atoms with E-state index in [1.807, 2.05) is 30.8 Å². The normalized spacial score (nSPS) is 11.1. The van der Waals surface area contributed by atoms with E-state index in [2.05, 4.69) is 10.1 Å². The number of aryl methyl sites for hydroxylation is 2. The number of rotatable bonds is 3. The molecular formula is C14H14N4O2. The second-order valence-corrected chi connectivity index (χ2v) is 4.57. The molecule has 102 valence electrons. The molecule has 0 amide bonds. The first-order chi connectivity index (χ1) is 9.60. The molecule has 0 saturated heterocycles. The van der Waals surface area contributed by atoms with Gasteiger partial charge in [0.05, 0.1) is 16.6 Å². The van der Waals surface area contributed by atoms with Crippen LogP contribution in [0.4, 0.5) is 0 Å². The predicted molar refractivity (Wildman–Crippen MR) is 74.2 cm³/mol. The highest BCUT2D eigenvalue weighted by molar-refractivity contribution is 5.92. The number of hydrogen-bond donors (Lipinski definition) is 1. The molecule has 0 aliphatic rings. The fourth-order valence-electron chi connectivity index (χ4n) is 2.28. The average molecular weight is 270 g/mol. The van der Waals surface area contributed by atoms with Crippen molar-refractivity contribution >= 4 is 17.0 Å². The molecule has 2 heterocycles. The molecule has 1 N–H and O–H groups in total. The van der Waals surface area contributed by atoms with Crippen LogP contribution >= 0.6 is 0 Å². The van der Waals surface area contributed by atoms with Gasteiger partial charge in [-0.05, 0) is 18.2 Å². The molecule has 1 aromatic carbocycles. The van der Waals surface area contributed by atoms with Gasteiger partial charge in [-0.2, -0.15) is 5.10 Å². The largest absolute Gasteiger partial charge is 0.478 e. The van der Waals surface area contributed by atoms with E-state index in [1.165, 1.54) is 0 Å². The molecule has 0 aliphatic heterocycles. The number of imidazole rings is 1. The fraction of sp³-hybridized carbons (Fsp3) is 0.214. The number of carbonyl (C=O) groups is 1. The Balaban J connectivity index is 2.27. The number of hydrogen-bond acceptors (Lipinski definition) is 3. The van der Waals surface area contributed by atoms with Crippen molar-refractivity contribution in [1.29, 1.82) is 0 Å². The van der Waals surface area contributed by atoms with Gasteiger partial charge >= 0.3 is 5.97 Å². The topological polar surface area (TPSA) is 72.9 Å². The van der Waals surface area contributed by atoms with Crippen LogP contribution < -0.4 is 0 Å². The van der Waals surface area contributed by atoms with Gasteiger partial charge < -0.3 is 5.11 Å². The van der Waals surface area contributed by atoms with Crippen LogP contribution in [0.5, 0.6) is 0 Å². The smallest absolute Gasteiger partial charge is 0.335 e. The van der Waals surface area contributed by atoms with Gasteiger partial charge in [-0.15, -0.1) is 0 Å². The molecule has 0 bridgehead atoms. The lowest BCUT2D eigenvalue weighted by Gasteiger charge is -2.04. The number of carboxylic acids is 1. The lowest BCUT2D eigenvalue weighted by Crippen LogP contribution is -2.02. The Labute approximate surface area is 115 Å². The molecule has 2 aromatic heterocycles. The Morgan fingerprint density at radius 3 is 2.75 bits per heavy atom. The zero-order chi connectivity index (χ0) is 14.3. The monoisotopic (exact) mass is 270 g/mol. The zero-order valence-corrected chi connectivity index (χ0v) is 11.2. The van der Waals surface area contributed by atoms with Gasteiger partial charge in [-0.3, -0.25) is 9.25 Å². The third-order valence-corrected chi connectivity index (χ3v) is 3.22. The molecule has 3 rings (SSSR count). The van der Waals surface area contributed by atoms with Crippen molar-refractivity contribution in [2.24, 2.45) is 7.05 Å². The molecular weight excluding hydrogens is 256 g/mol. The van der Waals surface area contributed by atoms with Gasteiger partial charge in [-0.1, -0.05) is 6.92 Å². The van der Waals surface area contributed by atoms with Gasteiger partial charge in [0.15, 0.2) is 5.82 Å². The van der Waals surface area contributed by atoms with E-state index in [0.29, 0.717) is 5.52 Å². The molecule has 0 spiro atoms. The summed E-state index contributed by atoms with van der Waals surface area (Å²) in [5.41, 5.74) is 1.78. The molecule has 3 aromatic rings. The summed E-state index contributed by atoms with van der Waals surface area (Å²) >= 11 is 0. The third kappa shape index (κ3) is 1.85. The van der Waals surface area contributed by atoms with E-state index < -0.39 is 5.97 Å². The van der Waals surface area contributed by atoms with Crippen LogP contribution in [0.1, 0.15) is 23.1 Å². The number of aromatic carboxylic acids is 1. The number of aromatic nitrogens is 4. The third-order valence-electron chi connectivity index (χ3n) is 3.22. The maximum Gasteiger partial charge on any atom is 0.335 e. The minimum absolute atomic E-state index is 0.242. The summed E-state index contributed by atoms with van der Waals surface area (Å²) in [6.07, 6.45) is 2.61.